The van der Waals surface area contributed by atoms with Crippen LogP contribution in [0, 0.1) is 5.92 Å². The van der Waals surface area contributed by atoms with E-state index in [1.807, 2.05) is 0 Å². The van der Waals surface area contributed by atoms with Crippen molar-refractivity contribution in [3.63, 3.8) is 0 Å². The summed E-state index contributed by atoms with van der Waals surface area (Å²) < 4.78 is 48.5. The van der Waals surface area contributed by atoms with Gasteiger partial charge in [-0.25, -0.2) is 18.5 Å². The first-order chi connectivity index (χ1) is 25.4. The van der Waals surface area contributed by atoms with E-state index in [4.69, 9.17) is 30.1 Å². The number of amides is 1. The highest BCUT2D eigenvalue weighted by atomic mass is 31.3. The Morgan fingerprint density at radius 3 is 2.19 bits per heavy atom. The van der Waals surface area contributed by atoms with Gasteiger partial charge >= 0.3 is 21.2 Å². The smallest absolute Gasteiger partial charge is 0.432 e. The van der Waals surface area contributed by atoms with Crippen LogP contribution in [-0.2, 0) is 32.5 Å². The van der Waals surface area contributed by atoms with Gasteiger partial charge in [-0.2, -0.15) is 10.5 Å². The number of hydroxylamine groups is 1. The van der Waals surface area contributed by atoms with Crippen molar-refractivity contribution >= 4 is 27.2 Å². The van der Waals surface area contributed by atoms with Crippen LogP contribution in [0.5, 0.6) is 0 Å². The third kappa shape index (κ3) is 12.9. The molecule has 0 bridgehead atoms. The molecule has 0 radical (unpaired) electrons. The van der Waals surface area contributed by atoms with E-state index in [-0.39, 0.29) is 16.8 Å². The normalized spacial score (nSPS) is 26.8. The minimum absolute atomic E-state index is 0.0724. The van der Waals surface area contributed by atoms with Crippen molar-refractivity contribution < 1.29 is 67.9 Å². The molecule has 9 unspecified atom stereocenters. The highest BCUT2D eigenvalue weighted by Crippen LogP contribution is 2.64. The Bertz CT molecular complexity index is 1550. The van der Waals surface area contributed by atoms with Crippen LogP contribution < -0.4 is 22.6 Å². The van der Waals surface area contributed by atoms with E-state index in [0.717, 1.165) is 36.7 Å². The summed E-state index contributed by atoms with van der Waals surface area (Å²) >= 11 is 0. The van der Waals surface area contributed by atoms with Crippen molar-refractivity contribution in [3.8, 4) is 0 Å². The molecule has 2 heterocycles. The number of nitrogen functional groups attached to an aromatic ring is 1. The molecule has 3 rings (SSSR count). The van der Waals surface area contributed by atoms with Crippen molar-refractivity contribution in [2.45, 2.75) is 121 Å². The van der Waals surface area contributed by atoms with Crippen LogP contribution in [0.2, 0.25) is 0 Å². The molecule has 0 aromatic carbocycles. The molecule has 21 nitrogen and oxygen atoms in total. The molecule has 1 amide bonds. The summed E-state index contributed by atoms with van der Waals surface area (Å²) in [6.45, 7) is 1.47. The first-order valence-electron chi connectivity index (χ1n) is 17.9. The van der Waals surface area contributed by atoms with Crippen molar-refractivity contribution in [2.75, 3.05) is 32.0 Å². The lowest BCUT2D eigenvalue weighted by molar-refractivity contribution is -0.118. The van der Waals surface area contributed by atoms with E-state index in [9.17, 15) is 54.0 Å². The van der Waals surface area contributed by atoms with Gasteiger partial charge in [0, 0.05) is 18.3 Å². The summed E-state index contributed by atoms with van der Waals surface area (Å²) in [7, 11) is -11.1. The topological polar surface area (TPSA) is 332 Å². The molecule has 1 saturated heterocycles. The van der Waals surface area contributed by atoms with E-state index in [2.05, 4.69) is 24.3 Å². The van der Waals surface area contributed by atoms with Crippen molar-refractivity contribution in [2.24, 2.45) is 11.7 Å². The van der Waals surface area contributed by atoms with E-state index in [0.29, 0.717) is 12.3 Å². The second kappa shape index (κ2) is 21.3. The van der Waals surface area contributed by atoms with Gasteiger partial charge in [-0.15, -0.1) is 4.44 Å². The highest BCUT2D eigenvalue weighted by Gasteiger charge is 2.53. The summed E-state index contributed by atoms with van der Waals surface area (Å²) in [5, 5.41) is 52.4. The van der Waals surface area contributed by atoms with Gasteiger partial charge in [0.2, 0.25) is 5.91 Å². The lowest BCUT2D eigenvalue weighted by Gasteiger charge is -2.31. The number of nitrogens with zero attached hydrogens (tertiary/aromatic N) is 3. The third-order valence-corrected chi connectivity index (χ3v) is 12.7. The number of hydrogen-bond donors (Lipinski definition) is 10. The zero-order chi connectivity index (χ0) is 40.2. The minimum atomic E-state index is -5.67. The molecule has 12 N–H and O–H groups in total. The Morgan fingerprint density at radius 1 is 1.00 bits per heavy atom. The summed E-state index contributed by atoms with van der Waals surface area (Å²) in [5.41, 5.74) is 11.6. The summed E-state index contributed by atoms with van der Waals surface area (Å²) in [6.07, 6.45) is -0.842. The minimum Gasteiger partial charge on any atom is -0.492 e. The Labute approximate surface area is 313 Å². The van der Waals surface area contributed by atoms with Gasteiger partial charge in [-0.1, -0.05) is 71.6 Å². The third-order valence-electron chi connectivity index (χ3n) is 8.98. The summed E-state index contributed by atoms with van der Waals surface area (Å²) in [5.74, 6) is -1.37. The molecule has 1 aliphatic carbocycles. The fourth-order valence-electron chi connectivity index (χ4n) is 6.03. The average Bonchev–Trinajstić information content (AvgIpc) is 3.49. The standard InChI is InChI=1S/C31H56N6O15P2/c1-19(2)12-10-8-6-4-3-5-7-9-11-14-34-52-54(47,48)37(16-23(33)39)53(45,46)51-29-26(42)24(40)20(17-38)28(29)49-18-21-25(41)27(43)30(50-21)36-15-13-22(32)35-31(36)44/h13,15,19,21,24-27,29-30,34,38,40-43H,3-12,14,16-18H2,1-2H3,(H2,33,39)(H,45,46)(H,47,48)(H2,32,35,44). The van der Waals surface area contributed by atoms with Crippen molar-refractivity contribution in [1.29, 1.82) is 0 Å². The van der Waals surface area contributed by atoms with Gasteiger partial charge in [0.25, 0.3) is 0 Å². The number of unbranched alkanes of at least 4 members (excludes halogenated alkanes) is 8. The number of carbonyl (C=O) groups is 1. The number of carbonyl (C=O) groups excluding carboxylic acids is 1. The Balaban J connectivity index is 1.60. The van der Waals surface area contributed by atoms with Crippen LogP contribution >= 0.6 is 15.5 Å². The quantitative estimate of drug-likeness (QED) is 0.0350. The van der Waals surface area contributed by atoms with E-state index < -0.39 is 101 Å². The first-order valence-corrected chi connectivity index (χ1v) is 21.0. The van der Waals surface area contributed by atoms with Gasteiger partial charge in [0.1, 0.15) is 48.7 Å². The molecular formula is C31H56N6O15P2. The number of rotatable bonds is 25. The van der Waals surface area contributed by atoms with Crippen molar-refractivity contribution in [3.05, 3.63) is 34.1 Å². The van der Waals surface area contributed by atoms with Gasteiger partial charge < -0.3 is 56.3 Å². The second-order valence-corrected chi connectivity index (χ2v) is 17.4. The molecule has 54 heavy (non-hydrogen) atoms. The van der Waals surface area contributed by atoms with Gasteiger partial charge in [-0.3, -0.25) is 13.9 Å². The number of primary amides is 1. The maximum Gasteiger partial charge on any atom is 0.432 e. The Hall–Kier alpha value is -2.33. The van der Waals surface area contributed by atoms with Crippen molar-refractivity contribution in [1.82, 2.24) is 19.5 Å². The Morgan fingerprint density at radius 2 is 1.61 bits per heavy atom. The number of nitrogens with two attached hydrogens (primary N) is 2. The molecule has 9 atom stereocenters. The number of hydrogen-bond acceptors (Lipinski definition) is 16. The molecule has 2 aliphatic rings. The largest absolute Gasteiger partial charge is 0.492 e. The summed E-state index contributed by atoms with van der Waals surface area (Å²) in [6, 6.07) is 1.25. The molecule has 1 aliphatic heterocycles. The molecule has 0 saturated carbocycles. The van der Waals surface area contributed by atoms with Crippen LogP contribution in [0.4, 0.5) is 5.82 Å². The number of aliphatic hydroxyl groups is 5. The highest BCUT2D eigenvalue weighted by molar-refractivity contribution is 7.66. The molecule has 310 valence electrons. The summed E-state index contributed by atoms with van der Waals surface area (Å²) in [4.78, 5) is 49.2. The molecular weight excluding hydrogens is 758 g/mol. The predicted molar refractivity (Wildman–Crippen MR) is 191 cm³/mol. The first kappa shape index (κ1) is 46.1. The fraction of sp³-hybridized carbons (Fsp3) is 0.774. The molecule has 1 aromatic rings. The maximum atomic E-state index is 13.5. The SMILES string of the molecule is CC(C)CCCCCCCCCCCNOP(=O)(O)N(CC(N)=O)P(=O)(O)OC1C(OCC2OC(n3ccc(N)nc3=O)C(O)C2O)=C(CO)C(O)C1O. The maximum absolute atomic E-state index is 13.5. The van der Waals surface area contributed by atoms with Crippen LogP contribution in [0.25, 0.3) is 0 Å². The Kier molecular flexibility index (Phi) is 18.1. The lowest BCUT2D eigenvalue weighted by atomic mass is 10.0. The lowest BCUT2D eigenvalue weighted by Crippen LogP contribution is -2.38. The number of ether oxygens (including phenoxy) is 2. The number of aromatic nitrogens is 2. The number of nitrogens with one attached hydrogen (secondary N) is 1. The van der Waals surface area contributed by atoms with Gasteiger partial charge in [0.05, 0.1) is 13.2 Å². The van der Waals surface area contributed by atoms with Crippen LogP contribution in [0.15, 0.2) is 28.4 Å². The number of aliphatic hydroxyl groups excluding tert-OH is 5. The average molecular weight is 815 g/mol. The predicted octanol–water partition coefficient (Wildman–Crippen LogP) is -0.105. The van der Waals surface area contributed by atoms with Crippen LogP contribution in [-0.4, -0.2) is 118 Å². The molecule has 23 heteroatoms. The van der Waals surface area contributed by atoms with Gasteiger partial charge in [-0.05, 0) is 18.4 Å². The number of anilines is 1. The zero-order valence-electron chi connectivity index (χ0n) is 30.5. The molecule has 1 fully saturated rings. The van der Waals surface area contributed by atoms with Crippen LogP contribution in [0.1, 0.15) is 84.3 Å². The van der Waals surface area contributed by atoms with Gasteiger partial charge in [0.15, 0.2) is 12.3 Å². The fourth-order valence-corrected chi connectivity index (χ4v) is 9.02. The van der Waals surface area contributed by atoms with E-state index in [1.165, 1.54) is 37.9 Å². The molecule has 0 spiro atoms. The molecule has 1 aromatic heterocycles. The van der Waals surface area contributed by atoms with E-state index >= 15 is 0 Å². The van der Waals surface area contributed by atoms with E-state index in [1.54, 1.807) is 0 Å². The second-order valence-electron chi connectivity index (χ2n) is 13.7. The monoisotopic (exact) mass is 814 g/mol. The zero-order valence-corrected chi connectivity index (χ0v) is 32.2. The van der Waals surface area contributed by atoms with Crippen LogP contribution in [0.3, 0.4) is 0 Å².